The normalized spacial score (nSPS) is 10.7. The van der Waals surface area contributed by atoms with E-state index in [1.807, 2.05) is 0 Å². The van der Waals surface area contributed by atoms with Crippen LogP contribution >= 0.6 is 15.9 Å². The summed E-state index contributed by atoms with van der Waals surface area (Å²) < 4.78 is 36.8. The molecule has 18 heavy (non-hydrogen) atoms. The summed E-state index contributed by atoms with van der Waals surface area (Å²) in [7, 11) is 1.64. The molecule has 0 atom stereocenters. The predicted octanol–water partition coefficient (Wildman–Crippen LogP) is 3.19. The minimum absolute atomic E-state index is 0.247. The number of nitrogens with one attached hydrogen (secondary N) is 1. The largest absolute Gasteiger partial charge is 0.385 e. The smallest absolute Gasteiger partial charge is 0.150 e. The van der Waals surface area contributed by atoms with E-state index in [1.165, 1.54) is 6.07 Å². The molecule has 3 nitrogen and oxygen atoms in total. The maximum atomic E-state index is 13.4. The quantitative estimate of drug-likeness (QED) is 0.745. The van der Waals surface area contributed by atoms with Crippen molar-refractivity contribution in [3.63, 3.8) is 0 Å². The molecule has 1 rings (SSSR count). The minimum atomic E-state index is -0.624. The van der Waals surface area contributed by atoms with Crippen LogP contribution in [0.15, 0.2) is 16.6 Å². The van der Waals surface area contributed by atoms with Gasteiger partial charge in [0.05, 0.1) is 12.3 Å². The lowest BCUT2D eigenvalue weighted by molar-refractivity contribution is 0.109. The summed E-state index contributed by atoms with van der Waals surface area (Å²) in [6.45, 7) is 2.16. The summed E-state index contributed by atoms with van der Waals surface area (Å²) in [6, 6.07) is 2.05. The molecule has 0 heterocycles. The summed E-state index contributed by atoms with van der Waals surface area (Å²) in [4.78, 5) is 0. The fourth-order valence-electron chi connectivity index (χ4n) is 1.37. The van der Waals surface area contributed by atoms with Crippen LogP contribution in [-0.4, -0.2) is 33.5 Å². The molecule has 0 saturated carbocycles. The molecule has 0 aliphatic carbocycles. The molecule has 0 fully saturated rings. The second-order valence-corrected chi connectivity index (χ2v) is 4.48. The van der Waals surface area contributed by atoms with Crippen LogP contribution < -0.4 is 5.32 Å². The zero-order valence-corrected chi connectivity index (χ0v) is 11.7. The third-order valence-electron chi connectivity index (χ3n) is 2.19. The number of anilines is 1. The Morgan fingerprint density at radius 1 is 1.22 bits per heavy atom. The highest BCUT2D eigenvalue weighted by molar-refractivity contribution is 9.10. The highest BCUT2D eigenvalue weighted by Gasteiger charge is 2.08. The van der Waals surface area contributed by atoms with Crippen molar-refractivity contribution in [3.05, 3.63) is 28.2 Å². The Balaban J connectivity index is 2.27. The van der Waals surface area contributed by atoms with E-state index in [1.54, 1.807) is 7.11 Å². The molecule has 0 aromatic heterocycles. The Morgan fingerprint density at radius 3 is 2.67 bits per heavy atom. The van der Waals surface area contributed by atoms with E-state index in [2.05, 4.69) is 21.2 Å². The number of benzene rings is 1. The lowest BCUT2D eigenvalue weighted by Crippen LogP contribution is -2.12. The first-order valence-electron chi connectivity index (χ1n) is 5.60. The van der Waals surface area contributed by atoms with Crippen molar-refractivity contribution in [3.8, 4) is 0 Å². The number of hydrogen-bond acceptors (Lipinski definition) is 3. The molecule has 1 aromatic carbocycles. The van der Waals surface area contributed by atoms with Crippen molar-refractivity contribution >= 4 is 21.6 Å². The van der Waals surface area contributed by atoms with Crippen molar-refractivity contribution in [2.24, 2.45) is 0 Å². The summed E-state index contributed by atoms with van der Waals surface area (Å²) in [5, 5.41) is 2.85. The fourth-order valence-corrected chi connectivity index (χ4v) is 1.91. The molecule has 1 aromatic rings. The van der Waals surface area contributed by atoms with Gasteiger partial charge >= 0.3 is 0 Å². The van der Waals surface area contributed by atoms with Gasteiger partial charge in [0, 0.05) is 37.4 Å². The van der Waals surface area contributed by atoms with Gasteiger partial charge in [-0.3, -0.25) is 0 Å². The van der Waals surface area contributed by atoms with E-state index in [9.17, 15) is 8.78 Å². The third kappa shape index (κ3) is 5.29. The van der Waals surface area contributed by atoms with Crippen LogP contribution in [-0.2, 0) is 9.47 Å². The van der Waals surface area contributed by atoms with Gasteiger partial charge in [-0.2, -0.15) is 0 Å². The Kier molecular flexibility index (Phi) is 7.15. The van der Waals surface area contributed by atoms with E-state index in [-0.39, 0.29) is 5.69 Å². The minimum Gasteiger partial charge on any atom is -0.385 e. The molecule has 102 valence electrons. The standard InChI is InChI=1S/C12H16BrF2NO2/c1-17-4-2-5-18-6-3-16-12-10(13)7-9(14)8-11(12)15/h7-8,16H,2-6H2,1H3. The zero-order chi connectivity index (χ0) is 13.4. The molecule has 6 heteroatoms. The monoisotopic (exact) mass is 323 g/mol. The first-order chi connectivity index (χ1) is 8.65. The fraction of sp³-hybridized carbons (Fsp3) is 0.500. The average Bonchev–Trinajstić information content (AvgIpc) is 2.30. The highest BCUT2D eigenvalue weighted by atomic mass is 79.9. The average molecular weight is 324 g/mol. The lowest BCUT2D eigenvalue weighted by Gasteiger charge is -2.10. The van der Waals surface area contributed by atoms with Crippen LogP contribution in [0, 0.1) is 11.6 Å². The first-order valence-corrected chi connectivity index (χ1v) is 6.39. The van der Waals surface area contributed by atoms with Crippen LogP contribution in [0.4, 0.5) is 14.5 Å². The number of ether oxygens (including phenoxy) is 2. The van der Waals surface area contributed by atoms with Crippen molar-refractivity contribution in [1.82, 2.24) is 0 Å². The van der Waals surface area contributed by atoms with Gasteiger partial charge in [0.15, 0.2) is 0 Å². The van der Waals surface area contributed by atoms with Crippen LogP contribution in [0.5, 0.6) is 0 Å². The Morgan fingerprint density at radius 2 is 2.00 bits per heavy atom. The van der Waals surface area contributed by atoms with Crippen LogP contribution in [0.3, 0.4) is 0 Å². The van der Waals surface area contributed by atoms with E-state index >= 15 is 0 Å². The molecule has 0 saturated heterocycles. The van der Waals surface area contributed by atoms with Crippen LogP contribution in [0.25, 0.3) is 0 Å². The molecule has 0 spiro atoms. The van der Waals surface area contributed by atoms with Gasteiger partial charge in [-0.15, -0.1) is 0 Å². The van der Waals surface area contributed by atoms with E-state index < -0.39 is 11.6 Å². The predicted molar refractivity (Wildman–Crippen MR) is 69.9 cm³/mol. The van der Waals surface area contributed by atoms with Crippen LogP contribution in [0.2, 0.25) is 0 Å². The second kappa shape index (κ2) is 8.39. The van der Waals surface area contributed by atoms with Gasteiger partial charge in [0.2, 0.25) is 0 Å². The molecule has 0 amide bonds. The van der Waals surface area contributed by atoms with E-state index in [0.29, 0.717) is 30.8 Å². The highest BCUT2D eigenvalue weighted by Crippen LogP contribution is 2.26. The Hall–Kier alpha value is -0.720. The van der Waals surface area contributed by atoms with E-state index in [4.69, 9.17) is 9.47 Å². The van der Waals surface area contributed by atoms with Gasteiger partial charge in [-0.25, -0.2) is 8.78 Å². The molecular formula is C12H16BrF2NO2. The molecule has 0 bridgehead atoms. The number of rotatable bonds is 8. The van der Waals surface area contributed by atoms with Gasteiger partial charge in [0.1, 0.15) is 11.6 Å². The number of methoxy groups -OCH3 is 1. The lowest BCUT2D eigenvalue weighted by atomic mass is 10.3. The van der Waals surface area contributed by atoms with Crippen molar-refractivity contribution < 1.29 is 18.3 Å². The van der Waals surface area contributed by atoms with Crippen molar-refractivity contribution in [2.75, 3.05) is 38.8 Å². The SMILES string of the molecule is COCCCOCCNc1c(F)cc(F)cc1Br. The summed E-state index contributed by atoms with van der Waals surface area (Å²) in [5.74, 6) is -1.23. The summed E-state index contributed by atoms with van der Waals surface area (Å²) in [5.41, 5.74) is 0.247. The number of hydrogen-bond donors (Lipinski definition) is 1. The summed E-state index contributed by atoms with van der Waals surface area (Å²) >= 11 is 3.10. The molecule has 1 N–H and O–H groups in total. The topological polar surface area (TPSA) is 30.5 Å². The zero-order valence-electron chi connectivity index (χ0n) is 10.1. The van der Waals surface area contributed by atoms with Gasteiger partial charge < -0.3 is 14.8 Å². The number of halogens is 3. The molecule has 0 aliphatic rings. The van der Waals surface area contributed by atoms with Gasteiger partial charge in [-0.05, 0) is 28.4 Å². The van der Waals surface area contributed by atoms with Gasteiger partial charge in [-0.1, -0.05) is 0 Å². The molecule has 0 unspecified atom stereocenters. The first kappa shape index (κ1) is 15.3. The van der Waals surface area contributed by atoms with Crippen molar-refractivity contribution in [2.45, 2.75) is 6.42 Å². The molecular weight excluding hydrogens is 308 g/mol. The van der Waals surface area contributed by atoms with Gasteiger partial charge in [0.25, 0.3) is 0 Å². The second-order valence-electron chi connectivity index (χ2n) is 3.63. The summed E-state index contributed by atoms with van der Waals surface area (Å²) in [6.07, 6.45) is 0.825. The van der Waals surface area contributed by atoms with Crippen molar-refractivity contribution in [1.29, 1.82) is 0 Å². The molecule has 0 radical (unpaired) electrons. The maximum Gasteiger partial charge on any atom is 0.150 e. The van der Waals surface area contributed by atoms with E-state index in [0.717, 1.165) is 12.5 Å². The maximum absolute atomic E-state index is 13.4. The Bertz CT molecular complexity index is 354. The van der Waals surface area contributed by atoms with Crippen LogP contribution in [0.1, 0.15) is 6.42 Å². The third-order valence-corrected chi connectivity index (χ3v) is 2.82. The molecule has 0 aliphatic heterocycles. The Labute approximate surface area is 114 Å².